The lowest BCUT2D eigenvalue weighted by Gasteiger charge is -2.15. The van der Waals surface area contributed by atoms with Crippen LogP contribution in [-0.2, 0) is 9.53 Å². The summed E-state index contributed by atoms with van der Waals surface area (Å²) in [5, 5.41) is 10.5. The van der Waals surface area contributed by atoms with E-state index in [1.807, 2.05) is 0 Å². The van der Waals surface area contributed by atoms with Gasteiger partial charge in [0.25, 0.3) is 0 Å². The number of benzene rings is 1. The molecule has 0 fully saturated rings. The van der Waals surface area contributed by atoms with Crippen LogP contribution in [-0.4, -0.2) is 18.2 Å². The highest BCUT2D eigenvalue weighted by Crippen LogP contribution is 2.23. The van der Waals surface area contributed by atoms with E-state index in [4.69, 9.17) is 11.6 Å². The van der Waals surface area contributed by atoms with E-state index in [2.05, 4.69) is 4.74 Å². The van der Waals surface area contributed by atoms with Gasteiger partial charge in [0.05, 0.1) is 19.1 Å². The average Bonchev–Trinajstić information content (AvgIpc) is 2.28. The average molecular weight is 243 g/mol. The fourth-order valence-electron chi connectivity index (χ4n) is 1.45. The van der Waals surface area contributed by atoms with Gasteiger partial charge in [0, 0.05) is 5.02 Å². The number of hydrogen-bond donors (Lipinski definition) is 1. The summed E-state index contributed by atoms with van der Waals surface area (Å²) < 4.78 is 4.60. The fourth-order valence-corrected chi connectivity index (χ4v) is 1.58. The Bertz CT molecular complexity index is 348. The Hall–Kier alpha value is -1.06. The third-order valence-corrected chi connectivity index (χ3v) is 2.69. The zero-order valence-corrected chi connectivity index (χ0v) is 10.1. The number of aliphatic hydroxyl groups is 1. The van der Waals surface area contributed by atoms with Crippen molar-refractivity contribution in [2.24, 2.45) is 5.92 Å². The summed E-state index contributed by atoms with van der Waals surface area (Å²) >= 11 is 5.74. The first-order valence-corrected chi connectivity index (χ1v) is 5.43. The van der Waals surface area contributed by atoms with Gasteiger partial charge in [0.15, 0.2) is 0 Å². The zero-order valence-electron chi connectivity index (χ0n) is 9.31. The Morgan fingerprint density at radius 2 is 2.00 bits per heavy atom. The molecule has 0 saturated carbocycles. The van der Waals surface area contributed by atoms with Crippen LogP contribution in [0.15, 0.2) is 24.3 Å². The SMILES string of the molecule is COC(=O)C(C)CC(O)c1ccc(Cl)cc1. The van der Waals surface area contributed by atoms with Gasteiger partial charge in [-0.05, 0) is 24.1 Å². The first kappa shape index (κ1) is 13.0. The van der Waals surface area contributed by atoms with E-state index in [9.17, 15) is 9.90 Å². The van der Waals surface area contributed by atoms with Crippen molar-refractivity contribution < 1.29 is 14.6 Å². The molecule has 0 aliphatic rings. The Morgan fingerprint density at radius 1 is 1.44 bits per heavy atom. The predicted molar refractivity (Wildman–Crippen MR) is 62.2 cm³/mol. The van der Waals surface area contributed by atoms with Crippen molar-refractivity contribution in [3.8, 4) is 0 Å². The van der Waals surface area contributed by atoms with Gasteiger partial charge in [0.1, 0.15) is 0 Å². The van der Waals surface area contributed by atoms with Gasteiger partial charge < -0.3 is 9.84 Å². The molecule has 1 aromatic rings. The number of aliphatic hydroxyl groups excluding tert-OH is 1. The van der Waals surface area contributed by atoms with Crippen molar-refractivity contribution in [1.29, 1.82) is 0 Å². The van der Waals surface area contributed by atoms with Crippen LogP contribution in [0.5, 0.6) is 0 Å². The number of carbonyl (C=O) groups excluding carboxylic acids is 1. The summed E-state index contributed by atoms with van der Waals surface area (Å²) in [6.07, 6.45) is -0.333. The second-order valence-electron chi connectivity index (χ2n) is 3.73. The molecule has 0 spiro atoms. The first-order chi connectivity index (χ1) is 7.54. The van der Waals surface area contributed by atoms with Crippen LogP contribution < -0.4 is 0 Å². The lowest BCUT2D eigenvalue weighted by Crippen LogP contribution is -2.15. The monoisotopic (exact) mass is 242 g/mol. The molecule has 0 aliphatic heterocycles. The number of ether oxygens (including phenoxy) is 1. The smallest absolute Gasteiger partial charge is 0.308 e. The van der Waals surface area contributed by atoms with Crippen molar-refractivity contribution in [2.75, 3.05) is 7.11 Å². The zero-order chi connectivity index (χ0) is 12.1. The number of halogens is 1. The molecule has 1 N–H and O–H groups in total. The molecule has 1 aromatic carbocycles. The molecule has 0 radical (unpaired) electrons. The molecule has 1 rings (SSSR count). The van der Waals surface area contributed by atoms with Crippen LogP contribution in [0, 0.1) is 5.92 Å². The lowest BCUT2D eigenvalue weighted by molar-refractivity contribution is -0.145. The van der Waals surface area contributed by atoms with E-state index in [1.165, 1.54) is 7.11 Å². The standard InChI is InChI=1S/C12H15ClO3/c1-8(12(15)16-2)7-11(14)9-3-5-10(13)6-4-9/h3-6,8,11,14H,7H2,1-2H3. The third-order valence-electron chi connectivity index (χ3n) is 2.44. The number of rotatable bonds is 4. The molecular weight excluding hydrogens is 228 g/mol. The predicted octanol–water partition coefficient (Wildman–Crippen LogP) is 2.57. The van der Waals surface area contributed by atoms with Crippen LogP contribution in [0.4, 0.5) is 0 Å². The van der Waals surface area contributed by atoms with Crippen molar-refractivity contribution in [3.05, 3.63) is 34.9 Å². The first-order valence-electron chi connectivity index (χ1n) is 5.06. The fraction of sp³-hybridized carbons (Fsp3) is 0.417. The summed E-state index contributed by atoms with van der Waals surface area (Å²) in [5.74, 6) is -0.635. The van der Waals surface area contributed by atoms with Gasteiger partial charge in [-0.1, -0.05) is 30.7 Å². The Morgan fingerprint density at radius 3 is 2.50 bits per heavy atom. The highest BCUT2D eigenvalue weighted by Gasteiger charge is 2.18. The molecule has 0 aromatic heterocycles. The van der Waals surface area contributed by atoms with Crippen LogP contribution >= 0.6 is 11.6 Å². The van der Waals surface area contributed by atoms with Gasteiger partial charge in [-0.15, -0.1) is 0 Å². The lowest BCUT2D eigenvalue weighted by atomic mass is 9.98. The summed E-state index contributed by atoms with van der Waals surface area (Å²) in [7, 11) is 1.34. The maximum atomic E-state index is 11.2. The molecule has 0 heterocycles. The van der Waals surface area contributed by atoms with Gasteiger partial charge in [-0.25, -0.2) is 0 Å². The number of carbonyl (C=O) groups is 1. The van der Waals surface area contributed by atoms with Gasteiger partial charge >= 0.3 is 5.97 Å². The molecule has 0 aliphatic carbocycles. The molecule has 3 nitrogen and oxygen atoms in total. The maximum Gasteiger partial charge on any atom is 0.308 e. The maximum absolute atomic E-state index is 11.2. The van der Waals surface area contributed by atoms with Crippen LogP contribution in [0.1, 0.15) is 25.0 Å². The summed E-state index contributed by atoms with van der Waals surface area (Å²) in [4.78, 5) is 11.2. The summed E-state index contributed by atoms with van der Waals surface area (Å²) in [5.41, 5.74) is 0.750. The quantitative estimate of drug-likeness (QED) is 0.826. The molecule has 16 heavy (non-hydrogen) atoms. The second kappa shape index (κ2) is 5.87. The molecule has 2 unspecified atom stereocenters. The third kappa shape index (κ3) is 3.51. The van der Waals surface area contributed by atoms with Gasteiger partial charge in [-0.3, -0.25) is 4.79 Å². The normalized spacial score (nSPS) is 14.2. The largest absolute Gasteiger partial charge is 0.469 e. The number of hydrogen-bond acceptors (Lipinski definition) is 3. The van der Waals surface area contributed by atoms with Gasteiger partial charge in [0.2, 0.25) is 0 Å². The molecule has 0 saturated heterocycles. The molecular formula is C12H15ClO3. The Labute approximate surface area is 100.0 Å². The van der Waals surface area contributed by atoms with E-state index in [-0.39, 0.29) is 11.9 Å². The molecule has 0 bridgehead atoms. The van der Waals surface area contributed by atoms with Crippen molar-refractivity contribution in [3.63, 3.8) is 0 Å². The minimum Gasteiger partial charge on any atom is -0.469 e. The number of methoxy groups -OCH3 is 1. The highest BCUT2D eigenvalue weighted by atomic mass is 35.5. The topological polar surface area (TPSA) is 46.5 Å². The van der Waals surface area contributed by atoms with E-state index in [0.29, 0.717) is 11.4 Å². The van der Waals surface area contributed by atoms with E-state index in [0.717, 1.165) is 5.56 Å². The second-order valence-corrected chi connectivity index (χ2v) is 4.16. The van der Waals surface area contributed by atoms with Crippen LogP contribution in [0.25, 0.3) is 0 Å². The van der Waals surface area contributed by atoms with Crippen LogP contribution in [0.2, 0.25) is 5.02 Å². The van der Waals surface area contributed by atoms with E-state index < -0.39 is 6.10 Å². The summed E-state index contributed by atoms with van der Waals surface area (Å²) in [6.45, 7) is 1.73. The molecule has 0 amide bonds. The van der Waals surface area contributed by atoms with Crippen molar-refractivity contribution in [2.45, 2.75) is 19.4 Å². The molecule has 2 atom stereocenters. The Balaban J connectivity index is 2.61. The van der Waals surface area contributed by atoms with Crippen LogP contribution in [0.3, 0.4) is 0 Å². The van der Waals surface area contributed by atoms with Gasteiger partial charge in [-0.2, -0.15) is 0 Å². The highest BCUT2D eigenvalue weighted by molar-refractivity contribution is 6.30. The molecule has 88 valence electrons. The van der Waals surface area contributed by atoms with Crippen molar-refractivity contribution >= 4 is 17.6 Å². The van der Waals surface area contributed by atoms with E-state index >= 15 is 0 Å². The number of esters is 1. The summed E-state index contributed by atoms with van der Waals surface area (Å²) in [6, 6.07) is 6.92. The molecule has 4 heteroatoms. The minimum atomic E-state index is -0.675. The Kier molecular flexibility index (Phi) is 4.77. The van der Waals surface area contributed by atoms with E-state index in [1.54, 1.807) is 31.2 Å². The van der Waals surface area contributed by atoms with Crippen molar-refractivity contribution in [1.82, 2.24) is 0 Å². The minimum absolute atomic E-state index is 0.312.